The molecule has 0 saturated carbocycles. The van der Waals surface area contributed by atoms with E-state index in [1.54, 1.807) is 0 Å². The first-order valence-electron chi connectivity index (χ1n) is 6.98. The third kappa shape index (κ3) is 3.71. The molecule has 1 N–H and O–H groups in total. The van der Waals surface area contributed by atoms with Gasteiger partial charge in [-0.15, -0.1) is 0 Å². The summed E-state index contributed by atoms with van der Waals surface area (Å²) >= 11 is 6.05. The monoisotopic (exact) mass is 280 g/mol. The fourth-order valence-electron chi connectivity index (χ4n) is 2.49. The Bertz CT molecular complexity index is 436. The van der Waals surface area contributed by atoms with E-state index in [2.05, 4.69) is 12.2 Å². The number of benzene rings is 1. The maximum absolute atomic E-state index is 12.3. The summed E-state index contributed by atoms with van der Waals surface area (Å²) < 4.78 is 0. The number of amides is 1. The molecule has 0 aromatic heterocycles. The smallest absolute Gasteiger partial charge is 0.223 e. The molecule has 1 aromatic carbocycles. The van der Waals surface area contributed by atoms with Crippen molar-refractivity contribution >= 4 is 17.5 Å². The quantitative estimate of drug-likeness (QED) is 0.920. The lowest BCUT2D eigenvalue weighted by atomic mass is 10.0. The first kappa shape index (κ1) is 14.4. The van der Waals surface area contributed by atoms with Crippen LogP contribution in [0.1, 0.15) is 37.8 Å². The van der Waals surface area contributed by atoms with E-state index in [-0.39, 0.29) is 11.9 Å². The predicted octanol–water partition coefficient (Wildman–Crippen LogP) is 3.00. The Morgan fingerprint density at radius 1 is 1.53 bits per heavy atom. The molecule has 1 aliphatic heterocycles. The zero-order valence-corrected chi connectivity index (χ0v) is 12.1. The molecule has 0 radical (unpaired) electrons. The first-order chi connectivity index (χ1) is 9.22. The van der Waals surface area contributed by atoms with E-state index in [1.165, 1.54) is 0 Å². The topological polar surface area (TPSA) is 32.3 Å². The zero-order valence-electron chi connectivity index (χ0n) is 11.4. The van der Waals surface area contributed by atoms with E-state index in [0.29, 0.717) is 6.42 Å². The number of unbranched alkanes of at least 4 members (excludes halogenated alkanes) is 1. The Morgan fingerprint density at radius 3 is 3.11 bits per heavy atom. The Labute approximate surface area is 119 Å². The molecule has 1 amide bonds. The fourth-order valence-corrected chi connectivity index (χ4v) is 2.68. The maximum Gasteiger partial charge on any atom is 0.223 e. The number of rotatable bonds is 4. The third-order valence-corrected chi connectivity index (χ3v) is 3.78. The zero-order chi connectivity index (χ0) is 13.7. The number of halogens is 1. The second-order valence-corrected chi connectivity index (χ2v) is 5.40. The van der Waals surface area contributed by atoms with Crippen molar-refractivity contribution in [3.8, 4) is 0 Å². The minimum absolute atomic E-state index is 0.108. The average molecular weight is 281 g/mol. The number of nitrogens with zero attached hydrogens (tertiary/aromatic N) is 1. The number of carbonyl (C=O) groups excluding carboxylic acids is 1. The van der Waals surface area contributed by atoms with Crippen LogP contribution in [0.4, 0.5) is 0 Å². The average Bonchev–Trinajstić information content (AvgIpc) is 2.45. The summed E-state index contributed by atoms with van der Waals surface area (Å²) in [7, 11) is 0. The van der Waals surface area contributed by atoms with Crippen LogP contribution in [0.3, 0.4) is 0 Å². The van der Waals surface area contributed by atoms with Crippen molar-refractivity contribution in [2.45, 2.75) is 32.2 Å². The molecule has 0 aliphatic carbocycles. The summed E-state index contributed by atoms with van der Waals surface area (Å²) in [5.41, 5.74) is 1.12. The van der Waals surface area contributed by atoms with Gasteiger partial charge in [0.05, 0.1) is 6.04 Å². The highest BCUT2D eigenvalue weighted by atomic mass is 35.5. The van der Waals surface area contributed by atoms with Gasteiger partial charge in [0.1, 0.15) is 0 Å². The SMILES string of the molecule is CCCCC(=O)N1CCNCC1c1cccc(Cl)c1. The van der Waals surface area contributed by atoms with Crippen LogP contribution in [0.5, 0.6) is 0 Å². The Hall–Kier alpha value is -1.06. The summed E-state index contributed by atoms with van der Waals surface area (Å²) in [6.07, 6.45) is 2.66. The van der Waals surface area contributed by atoms with Crippen molar-refractivity contribution in [1.29, 1.82) is 0 Å². The Morgan fingerprint density at radius 2 is 2.37 bits per heavy atom. The summed E-state index contributed by atoms with van der Waals surface area (Å²) in [5, 5.41) is 4.08. The van der Waals surface area contributed by atoms with Gasteiger partial charge < -0.3 is 10.2 Å². The molecule has 1 atom stereocenters. The van der Waals surface area contributed by atoms with Gasteiger partial charge in [-0.05, 0) is 24.1 Å². The van der Waals surface area contributed by atoms with Gasteiger partial charge in [-0.3, -0.25) is 4.79 Å². The van der Waals surface area contributed by atoms with Crippen LogP contribution in [0.25, 0.3) is 0 Å². The van der Waals surface area contributed by atoms with Gasteiger partial charge in [0.2, 0.25) is 5.91 Å². The van der Waals surface area contributed by atoms with Crippen LogP contribution in [-0.4, -0.2) is 30.4 Å². The molecule has 1 aromatic rings. The van der Waals surface area contributed by atoms with E-state index in [9.17, 15) is 4.79 Å². The van der Waals surface area contributed by atoms with E-state index < -0.39 is 0 Å². The molecule has 0 spiro atoms. The van der Waals surface area contributed by atoms with E-state index in [4.69, 9.17) is 11.6 Å². The van der Waals surface area contributed by atoms with Crippen LogP contribution >= 0.6 is 11.6 Å². The number of hydrogen-bond donors (Lipinski definition) is 1. The molecular weight excluding hydrogens is 260 g/mol. The van der Waals surface area contributed by atoms with Crippen LogP contribution < -0.4 is 5.32 Å². The van der Waals surface area contributed by atoms with E-state index in [1.807, 2.05) is 29.2 Å². The molecular formula is C15H21ClN2O. The van der Waals surface area contributed by atoms with Crippen LogP contribution in [-0.2, 0) is 4.79 Å². The summed E-state index contributed by atoms with van der Waals surface area (Å²) in [5.74, 6) is 0.258. The lowest BCUT2D eigenvalue weighted by Crippen LogP contribution is -2.48. The van der Waals surface area contributed by atoms with E-state index >= 15 is 0 Å². The van der Waals surface area contributed by atoms with Gasteiger partial charge in [-0.2, -0.15) is 0 Å². The van der Waals surface area contributed by atoms with Crippen LogP contribution in [0.2, 0.25) is 5.02 Å². The number of piperazine rings is 1. The minimum Gasteiger partial charge on any atom is -0.333 e. The lowest BCUT2D eigenvalue weighted by molar-refractivity contribution is -0.134. The van der Waals surface area contributed by atoms with Crippen molar-refractivity contribution in [1.82, 2.24) is 10.2 Å². The summed E-state index contributed by atoms with van der Waals surface area (Å²) in [6.45, 7) is 4.56. The van der Waals surface area contributed by atoms with Gasteiger partial charge in [0.15, 0.2) is 0 Å². The van der Waals surface area contributed by atoms with E-state index in [0.717, 1.165) is 43.1 Å². The van der Waals surface area contributed by atoms with Crippen molar-refractivity contribution in [2.24, 2.45) is 0 Å². The van der Waals surface area contributed by atoms with Crippen LogP contribution in [0, 0.1) is 0 Å². The second-order valence-electron chi connectivity index (χ2n) is 4.97. The van der Waals surface area contributed by atoms with Crippen molar-refractivity contribution < 1.29 is 4.79 Å². The predicted molar refractivity (Wildman–Crippen MR) is 78.3 cm³/mol. The van der Waals surface area contributed by atoms with Gasteiger partial charge in [-0.25, -0.2) is 0 Å². The lowest BCUT2D eigenvalue weighted by Gasteiger charge is -2.36. The Balaban J connectivity index is 2.13. The molecule has 4 heteroatoms. The Kier molecular flexibility index (Phi) is 5.23. The number of hydrogen-bond acceptors (Lipinski definition) is 2. The molecule has 1 unspecified atom stereocenters. The largest absolute Gasteiger partial charge is 0.333 e. The fraction of sp³-hybridized carbons (Fsp3) is 0.533. The van der Waals surface area contributed by atoms with Gasteiger partial charge in [-0.1, -0.05) is 37.1 Å². The summed E-state index contributed by atoms with van der Waals surface area (Å²) in [4.78, 5) is 14.3. The standard InChI is InChI=1S/C15H21ClN2O/c1-2-3-7-15(19)18-9-8-17-11-14(18)12-5-4-6-13(16)10-12/h4-6,10,14,17H,2-3,7-9,11H2,1H3. The minimum atomic E-state index is 0.108. The normalized spacial score (nSPS) is 19.5. The van der Waals surface area contributed by atoms with Gasteiger partial charge in [0, 0.05) is 31.1 Å². The summed E-state index contributed by atoms with van der Waals surface area (Å²) in [6, 6.07) is 7.92. The number of carbonyl (C=O) groups is 1. The molecule has 104 valence electrons. The molecule has 2 rings (SSSR count). The van der Waals surface area contributed by atoms with Crippen molar-refractivity contribution in [3.05, 3.63) is 34.9 Å². The highest BCUT2D eigenvalue weighted by molar-refractivity contribution is 6.30. The molecule has 1 aliphatic rings. The first-order valence-corrected chi connectivity index (χ1v) is 7.36. The number of nitrogens with one attached hydrogen (secondary N) is 1. The third-order valence-electron chi connectivity index (χ3n) is 3.54. The van der Waals surface area contributed by atoms with Gasteiger partial charge in [0.25, 0.3) is 0 Å². The van der Waals surface area contributed by atoms with Crippen molar-refractivity contribution in [2.75, 3.05) is 19.6 Å². The molecule has 1 heterocycles. The van der Waals surface area contributed by atoms with Gasteiger partial charge >= 0.3 is 0 Å². The second kappa shape index (κ2) is 6.92. The molecule has 3 nitrogen and oxygen atoms in total. The molecule has 19 heavy (non-hydrogen) atoms. The highest BCUT2D eigenvalue weighted by Gasteiger charge is 2.27. The molecule has 1 fully saturated rings. The van der Waals surface area contributed by atoms with Crippen LogP contribution in [0.15, 0.2) is 24.3 Å². The highest BCUT2D eigenvalue weighted by Crippen LogP contribution is 2.25. The van der Waals surface area contributed by atoms with Crippen molar-refractivity contribution in [3.63, 3.8) is 0 Å². The molecule has 0 bridgehead atoms. The molecule has 1 saturated heterocycles. The maximum atomic E-state index is 12.3.